The highest BCUT2D eigenvalue weighted by molar-refractivity contribution is 6.00. The van der Waals surface area contributed by atoms with Crippen LogP contribution in [0.1, 0.15) is 56.0 Å². The molecule has 1 atom stereocenters. The minimum absolute atomic E-state index is 0.0701. The molecule has 3 saturated carbocycles. The summed E-state index contributed by atoms with van der Waals surface area (Å²) in [5, 5.41) is 32.4. The fourth-order valence-electron chi connectivity index (χ4n) is 5.37. The van der Waals surface area contributed by atoms with Crippen LogP contribution in [0.4, 0.5) is 10.1 Å². The lowest BCUT2D eigenvalue weighted by Crippen LogP contribution is -2.81. The summed E-state index contributed by atoms with van der Waals surface area (Å²) in [6, 6.07) is 9.20. The van der Waals surface area contributed by atoms with Gasteiger partial charge in [-0.1, -0.05) is 0 Å². The van der Waals surface area contributed by atoms with Crippen LogP contribution in [0.15, 0.2) is 36.7 Å². The highest BCUT2D eigenvalue weighted by Crippen LogP contribution is 2.62. The molecule has 3 fully saturated rings. The van der Waals surface area contributed by atoms with Gasteiger partial charge < -0.3 is 21.1 Å². The molecule has 3 heterocycles. The van der Waals surface area contributed by atoms with Gasteiger partial charge in [0, 0.05) is 24.2 Å². The maximum Gasteiger partial charge on any atom is 0.255 e. The number of aromatic nitrogens is 3. The number of aliphatic hydroxyl groups is 1. The van der Waals surface area contributed by atoms with E-state index in [4.69, 9.17) is 5.26 Å². The van der Waals surface area contributed by atoms with Gasteiger partial charge in [-0.25, -0.2) is 8.91 Å². The standard InChI is InChI=1S/C26H28FN7O3/c1-15(35)32-25-12-26(13-25,14-25)33-19-7-20(21-5-4-17-6-16(8-28)9-31-34(17)21)29-10-18(19)23(36)30-11-22(27)24(2,3)37/h4-7,9-10,22,37H,11-14H2,1-3H3,(H,29,33)(H,30,36)(H,32,35). The van der Waals surface area contributed by atoms with E-state index < -0.39 is 17.7 Å². The number of pyridine rings is 1. The van der Waals surface area contributed by atoms with E-state index in [9.17, 15) is 19.1 Å². The maximum absolute atomic E-state index is 14.3. The molecule has 0 spiro atoms. The normalized spacial score (nSPS) is 22.8. The van der Waals surface area contributed by atoms with Crippen molar-refractivity contribution in [2.24, 2.45) is 0 Å². The second-order valence-corrected chi connectivity index (χ2v) is 10.8. The number of fused-ring (bicyclic) bond motifs is 1. The molecule has 3 aliphatic carbocycles. The molecule has 6 rings (SSSR count). The van der Waals surface area contributed by atoms with Crippen LogP contribution in [0.5, 0.6) is 0 Å². The maximum atomic E-state index is 14.3. The Bertz CT molecular complexity index is 1430. The molecule has 4 N–H and O–H groups in total. The summed E-state index contributed by atoms with van der Waals surface area (Å²) in [7, 11) is 0. The molecule has 3 aliphatic rings. The van der Waals surface area contributed by atoms with Crippen molar-refractivity contribution in [1.29, 1.82) is 5.26 Å². The van der Waals surface area contributed by atoms with E-state index in [1.807, 2.05) is 12.1 Å². The van der Waals surface area contributed by atoms with E-state index in [0.29, 0.717) is 22.6 Å². The van der Waals surface area contributed by atoms with Gasteiger partial charge in [0.1, 0.15) is 12.2 Å². The molecule has 11 heteroatoms. The molecule has 3 aromatic heterocycles. The number of anilines is 1. The van der Waals surface area contributed by atoms with Gasteiger partial charge in [-0.15, -0.1) is 0 Å². The van der Waals surface area contributed by atoms with Crippen LogP contribution in [0.2, 0.25) is 0 Å². The average molecular weight is 506 g/mol. The number of carbonyl (C=O) groups is 2. The van der Waals surface area contributed by atoms with Gasteiger partial charge in [-0.3, -0.25) is 14.6 Å². The van der Waals surface area contributed by atoms with E-state index in [-0.39, 0.29) is 29.1 Å². The lowest BCUT2D eigenvalue weighted by atomic mass is 9.44. The van der Waals surface area contributed by atoms with E-state index in [1.165, 1.54) is 33.2 Å². The largest absolute Gasteiger partial charge is 0.387 e. The number of halogens is 1. The number of rotatable bonds is 8. The molecule has 37 heavy (non-hydrogen) atoms. The molecule has 192 valence electrons. The Labute approximate surface area is 212 Å². The van der Waals surface area contributed by atoms with Crippen molar-refractivity contribution in [1.82, 2.24) is 25.2 Å². The van der Waals surface area contributed by atoms with E-state index in [1.54, 1.807) is 16.6 Å². The first kappa shape index (κ1) is 24.6. The van der Waals surface area contributed by atoms with Crippen LogP contribution in [-0.2, 0) is 4.79 Å². The number of carbonyl (C=O) groups excluding carboxylic acids is 2. The minimum Gasteiger partial charge on any atom is -0.387 e. The smallest absolute Gasteiger partial charge is 0.255 e. The number of nitrogens with zero attached hydrogens (tertiary/aromatic N) is 4. The van der Waals surface area contributed by atoms with Crippen LogP contribution in [-0.4, -0.2) is 60.9 Å². The zero-order chi connectivity index (χ0) is 26.6. The molecular formula is C26H28FN7O3. The van der Waals surface area contributed by atoms with Crippen molar-refractivity contribution in [3.8, 4) is 17.5 Å². The fourth-order valence-corrected chi connectivity index (χ4v) is 5.37. The van der Waals surface area contributed by atoms with Crippen molar-refractivity contribution in [3.63, 3.8) is 0 Å². The average Bonchev–Trinajstić information content (AvgIpc) is 3.22. The number of nitrogens with one attached hydrogen (secondary N) is 3. The number of hydrogen-bond acceptors (Lipinski definition) is 7. The lowest BCUT2D eigenvalue weighted by molar-refractivity contribution is -0.131. The third-order valence-corrected chi connectivity index (χ3v) is 7.12. The molecule has 0 aromatic carbocycles. The Morgan fingerprint density at radius 2 is 1.97 bits per heavy atom. The zero-order valence-electron chi connectivity index (χ0n) is 20.8. The summed E-state index contributed by atoms with van der Waals surface area (Å²) in [6.45, 7) is 3.83. The Morgan fingerprint density at radius 1 is 1.24 bits per heavy atom. The Kier molecular flexibility index (Phi) is 5.68. The van der Waals surface area contributed by atoms with E-state index in [2.05, 4.69) is 32.1 Å². The number of amides is 2. The number of alkyl halides is 1. The molecule has 10 nitrogen and oxygen atoms in total. The predicted octanol–water partition coefficient (Wildman–Crippen LogP) is 2.33. The van der Waals surface area contributed by atoms with Crippen molar-refractivity contribution < 1.29 is 19.1 Å². The number of nitriles is 1. The fraction of sp³-hybridized carbons (Fsp3) is 0.423. The van der Waals surface area contributed by atoms with Crippen molar-refractivity contribution in [2.75, 3.05) is 11.9 Å². The first-order valence-corrected chi connectivity index (χ1v) is 12.0. The van der Waals surface area contributed by atoms with Gasteiger partial charge in [-0.2, -0.15) is 10.4 Å². The van der Waals surface area contributed by atoms with Gasteiger partial charge in [0.25, 0.3) is 5.91 Å². The Hall–Kier alpha value is -4.04. The van der Waals surface area contributed by atoms with Gasteiger partial charge in [0.2, 0.25) is 5.91 Å². The molecule has 3 aromatic rings. The molecule has 0 aliphatic heterocycles. The Balaban J connectivity index is 1.44. The first-order chi connectivity index (χ1) is 17.4. The molecule has 1 unspecified atom stereocenters. The van der Waals surface area contributed by atoms with Crippen LogP contribution in [0.3, 0.4) is 0 Å². The van der Waals surface area contributed by atoms with Gasteiger partial charge in [-0.05, 0) is 57.4 Å². The van der Waals surface area contributed by atoms with Crippen LogP contribution < -0.4 is 16.0 Å². The summed E-state index contributed by atoms with van der Waals surface area (Å²) in [5.41, 5.74) is 1.11. The van der Waals surface area contributed by atoms with Gasteiger partial charge in [0.15, 0.2) is 0 Å². The van der Waals surface area contributed by atoms with Crippen LogP contribution in [0.25, 0.3) is 16.9 Å². The van der Waals surface area contributed by atoms with Gasteiger partial charge in [0.05, 0.1) is 52.1 Å². The molecule has 0 saturated heterocycles. The van der Waals surface area contributed by atoms with Crippen LogP contribution >= 0.6 is 0 Å². The zero-order valence-corrected chi connectivity index (χ0v) is 20.8. The SMILES string of the molecule is CC(=O)NC12CC(Nc3cc(-c4ccc5cc(C#N)cnn45)ncc3C(=O)NCC(F)C(C)(C)O)(C1)C2. The van der Waals surface area contributed by atoms with E-state index in [0.717, 1.165) is 24.8 Å². The summed E-state index contributed by atoms with van der Waals surface area (Å²) < 4.78 is 15.9. The highest BCUT2D eigenvalue weighted by atomic mass is 19.1. The molecule has 2 amide bonds. The van der Waals surface area contributed by atoms with Crippen molar-refractivity contribution in [2.45, 2.75) is 62.9 Å². The third-order valence-electron chi connectivity index (χ3n) is 7.12. The number of hydrogen-bond donors (Lipinski definition) is 4. The second-order valence-electron chi connectivity index (χ2n) is 10.8. The first-order valence-electron chi connectivity index (χ1n) is 12.0. The van der Waals surface area contributed by atoms with Crippen molar-refractivity contribution >= 4 is 23.0 Å². The highest BCUT2D eigenvalue weighted by Gasteiger charge is 2.68. The van der Waals surface area contributed by atoms with E-state index >= 15 is 0 Å². The Morgan fingerprint density at radius 3 is 2.62 bits per heavy atom. The molecular weight excluding hydrogens is 477 g/mol. The summed E-state index contributed by atoms with van der Waals surface area (Å²) in [5.74, 6) is -0.590. The topological polar surface area (TPSA) is 144 Å². The second kappa shape index (κ2) is 8.52. The lowest BCUT2D eigenvalue weighted by Gasteiger charge is -2.70. The minimum atomic E-state index is -1.65. The predicted molar refractivity (Wildman–Crippen MR) is 133 cm³/mol. The summed E-state index contributed by atoms with van der Waals surface area (Å²) in [4.78, 5) is 29.1. The molecule has 0 radical (unpaired) electrons. The summed E-state index contributed by atoms with van der Waals surface area (Å²) in [6.07, 6.45) is 3.45. The third kappa shape index (κ3) is 4.49. The van der Waals surface area contributed by atoms with Crippen molar-refractivity contribution in [3.05, 3.63) is 47.8 Å². The quantitative estimate of drug-likeness (QED) is 0.368. The van der Waals surface area contributed by atoms with Gasteiger partial charge >= 0.3 is 0 Å². The van der Waals surface area contributed by atoms with Crippen LogP contribution in [0, 0.1) is 11.3 Å². The monoisotopic (exact) mass is 505 g/mol. The molecule has 2 bridgehead atoms. The summed E-state index contributed by atoms with van der Waals surface area (Å²) >= 11 is 0.